The number of furan rings is 1. The number of aliphatic hydroxyl groups excluding tert-OH is 1. The molecule has 1 atom stereocenters. The molecule has 0 aliphatic carbocycles. The number of hydrogen-bond acceptors (Lipinski definition) is 5. The maximum atomic E-state index is 12.2. The highest BCUT2D eigenvalue weighted by molar-refractivity contribution is 6.06. The van der Waals surface area contributed by atoms with Crippen molar-refractivity contribution in [2.75, 3.05) is 26.7 Å². The molecular weight excluding hydrogens is 332 g/mol. The summed E-state index contributed by atoms with van der Waals surface area (Å²) in [5, 5.41) is 11.6. The number of piperidine rings is 1. The number of ether oxygens (including phenoxy) is 1. The summed E-state index contributed by atoms with van der Waals surface area (Å²) in [4.78, 5) is 14.5. The molecule has 0 amide bonds. The highest BCUT2D eigenvalue weighted by Gasteiger charge is 2.23. The van der Waals surface area contributed by atoms with Crippen LogP contribution < -0.4 is 0 Å². The average Bonchev–Trinajstić information content (AvgIpc) is 3.18. The van der Waals surface area contributed by atoms with E-state index in [9.17, 15) is 9.90 Å². The Morgan fingerprint density at radius 1 is 1.19 bits per heavy atom. The highest BCUT2D eigenvalue weighted by atomic mass is 16.5. The molecule has 1 aliphatic heterocycles. The number of nitrogens with zero attached hydrogens (tertiary/aromatic N) is 2. The predicted molar refractivity (Wildman–Crippen MR) is 99.3 cm³/mol. The second kappa shape index (κ2) is 7.13. The van der Waals surface area contributed by atoms with Gasteiger partial charge in [0.2, 0.25) is 0 Å². The maximum absolute atomic E-state index is 12.2. The number of carbonyl (C=O) groups is 1. The number of fused-ring (bicyclic) bond motifs is 3. The molecule has 1 fully saturated rings. The number of esters is 1. The zero-order chi connectivity index (χ0) is 18.1. The molecule has 0 spiro atoms. The van der Waals surface area contributed by atoms with Gasteiger partial charge in [-0.1, -0.05) is 18.6 Å². The van der Waals surface area contributed by atoms with Gasteiger partial charge in [0.15, 0.2) is 5.58 Å². The first-order valence-electron chi connectivity index (χ1n) is 9.17. The fourth-order valence-electron chi connectivity index (χ4n) is 3.92. The van der Waals surface area contributed by atoms with Gasteiger partial charge in [-0.2, -0.15) is 0 Å². The maximum Gasteiger partial charge on any atom is 0.354 e. The molecule has 0 radical (unpaired) electrons. The molecule has 2 aromatic heterocycles. The zero-order valence-electron chi connectivity index (χ0n) is 15.0. The van der Waals surface area contributed by atoms with Gasteiger partial charge in [0, 0.05) is 18.0 Å². The van der Waals surface area contributed by atoms with E-state index in [4.69, 9.17) is 9.15 Å². The van der Waals surface area contributed by atoms with Gasteiger partial charge in [-0.05, 0) is 38.1 Å². The summed E-state index contributed by atoms with van der Waals surface area (Å²) in [5.74, 6) is -0.425. The molecule has 0 saturated carbocycles. The fraction of sp³-hybridized carbons (Fsp3) is 0.450. The Balaban J connectivity index is 1.69. The van der Waals surface area contributed by atoms with Crippen molar-refractivity contribution in [3.05, 3.63) is 36.0 Å². The second-order valence-corrected chi connectivity index (χ2v) is 6.96. The van der Waals surface area contributed by atoms with Crippen LogP contribution in [0, 0.1) is 0 Å². The number of carbonyl (C=O) groups excluding carboxylic acids is 1. The summed E-state index contributed by atoms with van der Waals surface area (Å²) in [6.07, 6.45) is 3.06. The Morgan fingerprint density at radius 3 is 2.73 bits per heavy atom. The first kappa shape index (κ1) is 17.1. The number of aliphatic hydroxyl groups is 1. The largest absolute Gasteiger partial charge is 0.464 e. The number of para-hydroxylation sites is 1. The smallest absolute Gasteiger partial charge is 0.354 e. The van der Waals surface area contributed by atoms with Crippen molar-refractivity contribution in [3.63, 3.8) is 0 Å². The summed E-state index contributed by atoms with van der Waals surface area (Å²) in [6.45, 7) is 2.98. The van der Waals surface area contributed by atoms with E-state index in [1.54, 1.807) is 6.07 Å². The molecule has 1 aromatic carbocycles. The van der Waals surface area contributed by atoms with Crippen molar-refractivity contribution in [3.8, 4) is 0 Å². The molecule has 0 bridgehead atoms. The Labute approximate surface area is 151 Å². The van der Waals surface area contributed by atoms with Crippen LogP contribution in [-0.4, -0.2) is 53.4 Å². The normalized spacial score (nSPS) is 17.0. The van der Waals surface area contributed by atoms with E-state index in [0.29, 0.717) is 24.4 Å². The lowest BCUT2D eigenvalue weighted by Gasteiger charge is -2.28. The molecule has 0 unspecified atom stereocenters. The van der Waals surface area contributed by atoms with Crippen molar-refractivity contribution in [2.24, 2.45) is 0 Å². The van der Waals surface area contributed by atoms with Crippen LogP contribution >= 0.6 is 0 Å². The first-order chi connectivity index (χ1) is 12.7. The Kier molecular flexibility index (Phi) is 4.70. The van der Waals surface area contributed by atoms with Gasteiger partial charge < -0.3 is 23.7 Å². The van der Waals surface area contributed by atoms with Gasteiger partial charge in [-0.25, -0.2) is 4.79 Å². The fourth-order valence-corrected chi connectivity index (χ4v) is 3.92. The third kappa shape index (κ3) is 3.10. The topological polar surface area (TPSA) is 67.8 Å². The highest BCUT2D eigenvalue weighted by Crippen LogP contribution is 2.32. The van der Waals surface area contributed by atoms with Gasteiger partial charge in [0.25, 0.3) is 0 Å². The molecule has 4 rings (SSSR count). The first-order valence-corrected chi connectivity index (χ1v) is 9.17. The lowest BCUT2D eigenvalue weighted by atomic mass is 10.1. The third-order valence-electron chi connectivity index (χ3n) is 5.13. The molecule has 1 saturated heterocycles. The van der Waals surface area contributed by atoms with E-state index >= 15 is 0 Å². The monoisotopic (exact) mass is 356 g/mol. The van der Waals surface area contributed by atoms with Crippen molar-refractivity contribution >= 4 is 28.0 Å². The van der Waals surface area contributed by atoms with Crippen LogP contribution in [0.1, 0.15) is 29.8 Å². The van der Waals surface area contributed by atoms with Crippen LogP contribution in [0.4, 0.5) is 0 Å². The molecule has 138 valence electrons. The number of benzene rings is 1. The van der Waals surface area contributed by atoms with E-state index in [1.807, 2.05) is 28.8 Å². The van der Waals surface area contributed by atoms with Gasteiger partial charge >= 0.3 is 5.97 Å². The summed E-state index contributed by atoms with van der Waals surface area (Å²) in [7, 11) is 1.36. The SMILES string of the molecule is COC(=O)c1cc2oc3ccccc3c2n1C[C@H](O)CN1CCCCC1. The molecular formula is C20H24N2O4. The van der Waals surface area contributed by atoms with Gasteiger partial charge in [0.1, 0.15) is 11.3 Å². The minimum absolute atomic E-state index is 0.327. The molecule has 6 heteroatoms. The summed E-state index contributed by atoms with van der Waals surface area (Å²) in [6, 6.07) is 9.43. The molecule has 1 N–H and O–H groups in total. The number of rotatable bonds is 5. The average molecular weight is 356 g/mol. The third-order valence-corrected chi connectivity index (χ3v) is 5.13. The summed E-state index contributed by atoms with van der Waals surface area (Å²) < 4.78 is 12.6. The van der Waals surface area contributed by atoms with E-state index in [0.717, 1.165) is 29.6 Å². The lowest BCUT2D eigenvalue weighted by molar-refractivity contribution is 0.0577. The predicted octanol–water partition coefficient (Wildman–Crippen LogP) is 3.02. The van der Waals surface area contributed by atoms with Crippen LogP contribution in [0.25, 0.3) is 22.1 Å². The van der Waals surface area contributed by atoms with Crippen LogP contribution in [-0.2, 0) is 11.3 Å². The van der Waals surface area contributed by atoms with E-state index < -0.39 is 12.1 Å². The number of likely N-dealkylation sites (tertiary alicyclic amines) is 1. The van der Waals surface area contributed by atoms with E-state index in [-0.39, 0.29) is 0 Å². The molecule has 3 aromatic rings. The van der Waals surface area contributed by atoms with E-state index in [1.165, 1.54) is 26.4 Å². The van der Waals surface area contributed by atoms with Gasteiger partial charge in [-0.3, -0.25) is 0 Å². The van der Waals surface area contributed by atoms with Crippen LogP contribution in [0.3, 0.4) is 0 Å². The van der Waals surface area contributed by atoms with Crippen LogP contribution in [0.15, 0.2) is 34.7 Å². The molecule has 26 heavy (non-hydrogen) atoms. The quantitative estimate of drug-likeness (QED) is 0.712. The van der Waals surface area contributed by atoms with Crippen molar-refractivity contribution < 1.29 is 19.1 Å². The second-order valence-electron chi connectivity index (χ2n) is 6.96. The molecule has 3 heterocycles. The lowest BCUT2D eigenvalue weighted by Crippen LogP contribution is -2.38. The number of aromatic nitrogens is 1. The van der Waals surface area contributed by atoms with Crippen molar-refractivity contribution in [2.45, 2.75) is 31.9 Å². The standard InChI is InChI=1S/C20H24N2O4/c1-25-20(24)16-11-18-19(15-7-3-4-8-17(15)26-18)22(16)13-14(23)12-21-9-5-2-6-10-21/h3-4,7-8,11,14,23H,2,5-6,9-10,12-13H2,1H3/t14-/m1/s1. The Morgan fingerprint density at radius 2 is 1.96 bits per heavy atom. The van der Waals surface area contributed by atoms with Gasteiger partial charge in [-0.15, -0.1) is 0 Å². The van der Waals surface area contributed by atoms with Crippen LogP contribution in [0.5, 0.6) is 0 Å². The van der Waals surface area contributed by atoms with Crippen molar-refractivity contribution in [1.29, 1.82) is 0 Å². The molecule has 1 aliphatic rings. The number of methoxy groups -OCH3 is 1. The Bertz CT molecular complexity index is 921. The number of β-amino-alcohol motifs (C(OH)–C–C–N with tert-alkyl or cyclic N) is 1. The Hall–Kier alpha value is -2.31. The van der Waals surface area contributed by atoms with Crippen molar-refractivity contribution in [1.82, 2.24) is 9.47 Å². The van der Waals surface area contributed by atoms with E-state index in [2.05, 4.69) is 4.90 Å². The summed E-state index contributed by atoms with van der Waals surface area (Å²) in [5.41, 5.74) is 2.65. The number of hydrogen-bond donors (Lipinski definition) is 1. The molecule has 6 nitrogen and oxygen atoms in total. The van der Waals surface area contributed by atoms with Crippen LogP contribution in [0.2, 0.25) is 0 Å². The minimum atomic E-state index is -0.569. The zero-order valence-corrected chi connectivity index (χ0v) is 15.0. The summed E-state index contributed by atoms with van der Waals surface area (Å²) >= 11 is 0. The van der Waals surface area contributed by atoms with Gasteiger partial charge in [0.05, 0.1) is 25.3 Å². The minimum Gasteiger partial charge on any atom is -0.464 e.